The Balaban J connectivity index is 1.92. The minimum absolute atomic E-state index is 0.781. The molecule has 88 valence electrons. The van der Waals surface area contributed by atoms with Crippen LogP contribution in [0.1, 0.15) is 24.7 Å². The van der Waals surface area contributed by atoms with E-state index >= 15 is 0 Å². The monoisotopic (exact) mass is 229 g/mol. The average molecular weight is 229 g/mol. The van der Waals surface area contributed by atoms with Gasteiger partial charge in [0, 0.05) is 18.4 Å². The number of hydrogen-bond acceptors (Lipinski definition) is 3. The van der Waals surface area contributed by atoms with Crippen molar-refractivity contribution in [3.63, 3.8) is 0 Å². The molecule has 0 spiro atoms. The molecule has 0 amide bonds. The van der Waals surface area contributed by atoms with E-state index in [1.165, 1.54) is 5.56 Å². The molecule has 0 radical (unpaired) electrons. The lowest BCUT2D eigenvalue weighted by Crippen LogP contribution is -1.86. The van der Waals surface area contributed by atoms with Crippen LogP contribution in [0.3, 0.4) is 0 Å². The quantitative estimate of drug-likeness (QED) is 0.879. The van der Waals surface area contributed by atoms with Gasteiger partial charge in [0.1, 0.15) is 11.6 Å². The molecule has 0 bridgehead atoms. The minimum Gasteiger partial charge on any atom is -0.493 e. The summed E-state index contributed by atoms with van der Waals surface area (Å²) in [4.78, 5) is 4.49. The maximum Gasteiger partial charge on any atom is 0.181 e. The number of nitrogens with one attached hydrogen (secondary N) is 1. The zero-order valence-corrected chi connectivity index (χ0v) is 9.86. The summed E-state index contributed by atoms with van der Waals surface area (Å²) in [5.74, 6) is 2.74. The van der Waals surface area contributed by atoms with Crippen LogP contribution in [0.2, 0.25) is 0 Å². The van der Waals surface area contributed by atoms with E-state index in [4.69, 9.17) is 4.74 Å². The molecule has 2 heterocycles. The van der Waals surface area contributed by atoms with Crippen LogP contribution in [-0.2, 0) is 12.8 Å². The van der Waals surface area contributed by atoms with E-state index in [-0.39, 0.29) is 0 Å². The number of aromatic nitrogens is 3. The van der Waals surface area contributed by atoms with Gasteiger partial charge in [-0.25, -0.2) is 4.98 Å². The third kappa shape index (κ3) is 1.90. The summed E-state index contributed by atoms with van der Waals surface area (Å²) < 4.78 is 5.48. The largest absolute Gasteiger partial charge is 0.493 e. The average Bonchev–Trinajstić information content (AvgIpc) is 2.96. The SMILES string of the molecule is CCCc1nc(-c2ccc3c(c2)CCO3)n[nH]1. The van der Waals surface area contributed by atoms with Crippen LogP contribution in [0.15, 0.2) is 18.2 Å². The summed E-state index contributed by atoms with van der Waals surface area (Å²) >= 11 is 0. The summed E-state index contributed by atoms with van der Waals surface area (Å²) in [6, 6.07) is 6.15. The van der Waals surface area contributed by atoms with E-state index in [0.717, 1.165) is 48.8 Å². The number of benzene rings is 1. The summed E-state index contributed by atoms with van der Waals surface area (Å²) in [5.41, 5.74) is 2.32. The van der Waals surface area contributed by atoms with Crippen molar-refractivity contribution in [3.05, 3.63) is 29.6 Å². The molecule has 0 unspecified atom stereocenters. The fraction of sp³-hybridized carbons (Fsp3) is 0.385. The Morgan fingerprint density at radius 3 is 3.24 bits per heavy atom. The minimum atomic E-state index is 0.781. The van der Waals surface area contributed by atoms with E-state index in [2.05, 4.69) is 28.2 Å². The molecule has 17 heavy (non-hydrogen) atoms. The first-order chi connectivity index (χ1) is 8.36. The number of aryl methyl sites for hydroxylation is 1. The maximum absolute atomic E-state index is 5.48. The highest BCUT2D eigenvalue weighted by molar-refractivity contribution is 5.59. The van der Waals surface area contributed by atoms with Crippen molar-refractivity contribution < 1.29 is 4.74 Å². The van der Waals surface area contributed by atoms with Gasteiger partial charge in [-0.15, -0.1) is 0 Å². The highest BCUT2D eigenvalue weighted by Crippen LogP contribution is 2.29. The first kappa shape index (κ1) is 10.3. The van der Waals surface area contributed by atoms with Gasteiger partial charge in [0.2, 0.25) is 0 Å². The molecular formula is C13H15N3O. The number of rotatable bonds is 3. The number of aromatic amines is 1. The first-order valence-corrected chi connectivity index (χ1v) is 6.04. The van der Waals surface area contributed by atoms with Crippen LogP contribution in [0.25, 0.3) is 11.4 Å². The van der Waals surface area contributed by atoms with Crippen molar-refractivity contribution in [1.82, 2.24) is 15.2 Å². The predicted molar refractivity (Wildman–Crippen MR) is 65.0 cm³/mol. The zero-order chi connectivity index (χ0) is 11.7. The highest BCUT2D eigenvalue weighted by Gasteiger charge is 2.14. The smallest absolute Gasteiger partial charge is 0.181 e. The topological polar surface area (TPSA) is 50.8 Å². The van der Waals surface area contributed by atoms with Crippen LogP contribution in [0.4, 0.5) is 0 Å². The molecule has 3 rings (SSSR count). The van der Waals surface area contributed by atoms with Crippen LogP contribution < -0.4 is 4.74 Å². The first-order valence-electron chi connectivity index (χ1n) is 6.04. The molecule has 4 nitrogen and oxygen atoms in total. The second-order valence-corrected chi connectivity index (χ2v) is 4.28. The molecule has 0 saturated carbocycles. The Bertz CT molecular complexity index is 533. The second kappa shape index (κ2) is 4.20. The summed E-state index contributed by atoms with van der Waals surface area (Å²) in [6.07, 6.45) is 3.00. The molecule has 1 N–H and O–H groups in total. The molecule has 1 aliphatic rings. The zero-order valence-electron chi connectivity index (χ0n) is 9.86. The summed E-state index contributed by atoms with van der Waals surface area (Å²) in [5, 5.41) is 7.23. The van der Waals surface area contributed by atoms with Crippen molar-refractivity contribution in [2.24, 2.45) is 0 Å². The van der Waals surface area contributed by atoms with Gasteiger partial charge in [-0.05, 0) is 30.2 Å². The molecule has 0 aliphatic carbocycles. The van der Waals surface area contributed by atoms with Gasteiger partial charge in [-0.1, -0.05) is 6.92 Å². The fourth-order valence-corrected chi connectivity index (χ4v) is 2.10. The van der Waals surface area contributed by atoms with Crippen molar-refractivity contribution in [3.8, 4) is 17.1 Å². The van der Waals surface area contributed by atoms with Crippen molar-refractivity contribution in [2.45, 2.75) is 26.2 Å². The number of nitrogens with zero attached hydrogens (tertiary/aromatic N) is 2. The van der Waals surface area contributed by atoms with Gasteiger partial charge in [0.15, 0.2) is 5.82 Å². The molecular weight excluding hydrogens is 214 g/mol. The lowest BCUT2D eigenvalue weighted by Gasteiger charge is -2.00. The number of hydrogen-bond donors (Lipinski definition) is 1. The van der Waals surface area contributed by atoms with E-state index in [0.29, 0.717) is 0 Å². The molecule has 1 aromatic heterocycles. The number of fused-ring (bicyclic) bond motifs is 1. The van der Waals surface area contributed by atoms with Gasteiger partial charge < -0.3 is 4.74 Å². The van der Waals surface area contributed by atoms with E-state index < -0.39 is 0 Å². The van der Waals surface area contributed by atoms with Crippen LogP contribution in [-0.4, -0.2) is 21.8 Å². The van der Waals surface area contributed by atoms with Crippen molar-refractivity contribution >= 4 is 0 Å². The molecule has 0 saturated heterocycles. The fourth-order valence-electron chi connectivity index (χ4n) is 2.10. The molecule has 0 atom stereocenters. The third-order valence-corrected chi connectivity index (χ3v) is 2.97. The Morgan fingerprint density at radius 2 is 2.35 bits per heavy atom. The van der Waals surface area contributed by atoms with Gasteiger partial charge in [-0.3, -0.25) is 5.10 Å². The lowest BCUT2D eigenvalue weighted by molar-refractivity contribution is 0.357. The lowest BCUT2D eigenvalue weighted by atomic mass is 10.1. The van der Waals surface area contributed by atoms with Crippen molar-refractivity contribution in [1.29, 1.82) is 0 Å². The van der Waals surface area contributed by atoms with Gasteiger partial charge >= 0.3 is 0 Å². The maximum atomic E-state index is 5.48. The van der Waals surface area contributed by atoms with E-state index in [1.54, 1.807) is 0 Å². The Labute approximate surface area is 100 Å². The van der Waals surface area contributed by atoms with Crippen LogP contribution in [0.5, 0.6) is 5.75 Å². The highest BCUT2D eigenvalue weighted by atomic mass is 16.5. The summed E-state index contributed by atoms with van der Waals surface area (Å²) in [6.45, 7) is 2.92. The Hall–Kier alpha value is -1.84. The second-order valence-electron chi connectivity index (χ2n) is 4.28. The predicted octanol–water partition coefficient (Wildman–Crippen LogP) is 2.36. The van der Waals surface area contributed by atoms with E-state index in [9.17, 15) is 0 Å². The number of H-pyrrole nitrogens is 1. The molecule has 1 aliphatic heterocycles. The third-order valence-electron chi connectivity index (χ3n) is 2.97. The van der Waals surface area contributed by atoms with Crippen LogP contribution in [0, 0.1) is 0 Å². The standard InChI is InChI=1S/C13H15N3O/c1-2-3-12-14-13(16-15-12)10-4-5-11-9(8-10)6-7-17-11/h4-5,8H,2-3,6-7H2,1H3,(H,14,15,16). The number of ether oxygens (including phenoxy) is 1. The Morgan fingerprint density at radius 1 is 1.41 bits per heavy atom. The molecule has 1 aromatic carbocycles. The summed E-state index contributed by atoms with van der Waals surface area (Å²) in [7, 11) is 0. The molecule has 0 fully saturated rings. The normalized spacial score (nSPS) is 13.5. The van der Waals surface area contributed by atoms with E-state index in [1.807, 2.05) is 12.1 Å². The Kier molecular flexibility index (Phi) is 2.55. The van der Waals surface area contributed by atoms with Crippen LogP contribution >= 0.6 is 0 Å². The van der Waals surface area contributed by atoms with Gasteiger partial charge in [0.05, 0.1) is 6.61 Å². The molecule has 2 aromatic rings. The molecule has 4 heteroatoms. The van der Waals surface area contributed by atoms with Crippen molar-refractivity contribution in [2.75, 3.05) is 6.61 Å². The van der Waals surface area contributed by atoms with Gasteiger partial charge in [-0.2, -0.15) is 5.10 Å². The van der Waals surface area contributed by atoms with Gasteiger partial charge in [0.25, 0.3) is 0 Å².